The molecule has 3 nitrogen and oxygen atoms in total. The number of aryl methyl sites for hydroxylation is 1. The van der Waals surface area contributed by atoms with Gasteiger partial charge in [-0.05, 0) is 37.6 Å². The van der Waals surface area contributed by atoms with E-state index in [4.69, 9.17) is 0 Å². The molecule has 0 unspecified atom stereocenters. The summed E-state index contributed by atoms with van der Waals surface area (Å²) in [6.45, 7) is 4.29. The Hall–Kier alpha value is -2.07. The summed E-state index contributed by atoms with van der Waals surface area (Å²) >= 11 is 0. The van der Waals surface area contributed by atoms with E-state index in [1.165, 1.54) is 4.31 Å². The summed E-state index contributed by atoms with van der Waals surface area (Å²) in [5.41, 5.74) is 3.76. The number of benzene rings is 2. The summed E-state index contributed by atoms with van der Waals surface area (Å²) < 4.78 is 27.3. The van der Waals surface area contributed by atoms with Crippen molar-refractivity contribution in [3.8, 4) is 0 Å². The van der Waals surface area contributed by atoms with Gasteiger partial charge in [-0.1, -0.05) is 47.5 Å². The van der Waals surface area contributed by atoms with Crippen LogP contribution in [-0.4, -0.2) is 15.0 Å². The van der Waals surface area contributed by atoms with Gasteiger partial charge in [0.1, 0.15) is 0 Å². The third-order valence-corrected chi connectivity index (χ3v) is 5.38. The minimum Gasteiger partial charge on any atom is -0.262 e. The Labute approximate surface area is 125 Å². The molecule has 0 N–H and O–H groups in total. The maximum atomic E-state index is 12.9. The van der Waals surface area contributed by atoms with Crippen molar-refractivity contribution in [2.75, 3.05) is 10.8 Å². The van der Waals surface area contributed by atoms with Gasteiger partial charge < -0.3 is 0 Å². The van der Waals surface area contributed by atoms with Gasteiger partial charge in [0.25, 0.3) is 10.0 Å². The lowest BCUT2D eigenvalue weighted by molar-refractivity contribution is 0.592. The van der Waals surface area contributed by atoms with E-state index in [1.807, 2.05) is 56.3 Å². The van der Waals surface area contributed by atoms with E-state index >= 15 is 0 Å². The molecule has 1 aliphatic heterocycles. The van der Waals surface area contributed by atoms with Gasteiger partial charge in [0.2, 0.25) is 0 Å². The van der Waals surface area contributed by atoms with Gasteiger partial charge in [0.05, 0.1) is 17.1 Å². The maximum absolute atomic E-state index is 12.9. The summed E-state index contributed by atoms with van der Waals surface area (Å²) in [5.74, 6) is 0. The van der Waals surface area contributed by atoms with E-state index in [0.717, 1.165) is 22.4 Å². The predicted octanol–water partition coefficient (Wildman–Crippen LogP) is 3.61. The van der Waals surface area contributed by atoms with Crippen molar-refractivity contribution in [1.29, 1.82) is 0 Å². The molecule has 2 aromatic rings. The molecule has 0 bridgehead atoms. The minimum absolute atomic E-state index is 0.331. The van der Waals surface area contributed by atoms with Crippen LogP contribution in [0.2, 0.25) is 0 Å². The van der Waals surface area contributed by atoms with Crippen molar-refractivity contribution in [1.82, 2.24) is 0 Å². The highest BCUT2D eigenvalue weighted by atomic mass is 32.2. The van der Waals surface area contributed by atoms with Crippen molar-refractivity contribution < 1.29 is 8.42 Å². The first-order chi connectivity index (χ1) is 9.98. The molecule has 0 fully saturated rings. The van der Waals surface area contributed by atoms with Gasteiger partial charge in [0, 0.05) is 0 Å². The molecular weight excluding hydrogens is 282 g/mol. The van der Waals surface area contributed by atoms with Gasteiger partial charge in [-0.25, -0.2) is 8.42 Å². The zero-order chi connectivity index (χ0) is 15.0. The third-order valence-electron chi connectivity index (χ3n) is 3.61. The fraction of sp³-hybridized carbons (Fsp3) is 0.176. The molecule has 2 aromatic carbocycles. The minimum atomic E-state index is -3.53. The van der Waals surface area contributed by atoms with Crippen LogP contribution in [0.5, 0.6) is 0 Å². The molecule has 1 aliphatic rings. The molecule has 0 saturated carbocycles. The molecule has 1 heterocycles. The van der Waals surface area contributed by atoms with Crippen LogP contribution in [0.25, 0.3) is 6.08 Å². The second kappa shape index (κ2) is 5.04. The molecule has 0 amide bonds. The number of hydrogen-bond acceptors (Lipinski definition) is 2. The van der Waals surface area contributed by atoms with Crippen LogP contribution in [0.3, 0.4) is 0 Å². The van der Waals surface area contributed by atoms with E-state index in [-0.39, 0.29) is 0 Å². The Bertz CT molecular complexity index is 805. The molecule has 0 saturated heterocycles. The van der Waals surface area contributed by atoms with Crippen molar-refractivity contribution in [2.24, 2.45) is 0 Å². The van der Waals surface area contributed by atoms with Crippen molar-refractivity contribution in [2.45, 2.75) is 18.7 Å². The molecule has 0 aliphatic carbocycles. The summed E-state index contributed by atoms with van der Waals surface area (Å²) in [4.78, 5) is 0.331. The highest BCUT2D eigenvalue weighted by molar-refractivity contribution is 7.92. The number of nitrogens with zero attached hydrogens (tertiary/aromatic N) is 1. The molecule has 21 heavy (non-hydrogen) atoms. The smallest absolute Gasteiger partial charge is 0.262 e. The van der Waals surface area contributed by atoms with Crippen LogP contribution in [0.4, 0.5) is 5.69 Å². The Morgan fingerprint density at radius 2 is 1.62 bits per heavy atom. The third kappa shape index (κ3) is 2.47. The Kier molecular flexibility index (Phi) is 3.33. The van der Waals surface area contributed by atoms with Crippen LogP contribution in [0.15, 0.2) is 59.0 Å². The van der Waals surface area contributed by atoms with Gasteiger partial charge in [-0.15, -0.1) is 0 Å². The van der Waals surface area contributed by atoms with Gasteiger partial charge >= 0.3 is 0 Å². The number of para-hydroxylation sites is 1. The van der Waals surface area contributed by atoms with Crippen LogP contribution in [0, 0.1) is 6.92 Å². The fourth-order valence-corrected chi connectivity index (χ4v) is 4.04. The largest absolute Gasteiger partial charge is 0.264 e. The van der Waals surface area contributed by atoms with Crippen molar-refractivity contribution in [3.05, 3.63) is 65.2 Å². The zero-order valence-electron chi connectivity index (χ0n) is 12.1. The van der Waals surface area contributed by atoms with E-state index in [0.29, 0.717) is 11.4 Å². The Balaban J connectivity index is 2.12. The quantitative estimate of drug-likeness (QED) is 0.849. The number of anilines is 1. The van der Waals surface area contributed by atoms with Crippen LogP contribution in [0.1, 0.15) is 18.1 Å². The highest BCUT2D eigenvalue weighted by Gasteiger charge is 2.28. The van der Waals surface area contributed by atoms with E-state index in [9.17, 15) is 8.42 Å². The van der Waals surface area contributed by atoms with Gasteiger partial charge in [-0.3, -0.25) is 4.31 Å². The fourth-order valence-electron chi connectivity index (χ4n) is 2.51. The van der Waals surface area contributed by atoms with E-state index < -0.39 is 10.0 Å². The number of rotatable bonds is 2. The SMILES string of the molecule is CC1=Cc2ccccc2N(S(=O)(=O)c2ccc(C)cc2)C1. The van der Waals surface area contributed by atoms with E-state index in [1.54, 1.807) is 12.1 Å². The molecule has 4 heteroatoms. The topological polar surface area (TPSA) is 37.4 Å². The number of fused-ring (bicyclic) bond motifs is 1. The summed E-state index contributed by atoms with van der Waals surface area (Å²) in [6.07, 6.45) is 2.04. The molecule has 0 aromatic heterocycles. The second-order valence-corrected chi connectivity index (χ2v) is 7.24. The first-order valence-electron chi connectivity index (χ1n) is 6.84. The number of hydrogen-bond donors (Lipinski definition) is 0. The summed E-state index contributed by atoms with van der Waals surface area (Å²) in [6, 6.07) is 14.6. The summed E-state index contributed by atoms with van der Waals surface area (Å²) in [7, 11) is -3.53. The average Bonchev–Trinajstić information content (AvgIpc) is 2.46. The van der Waals surface area contributed by atoms with E-state index in [2.05, 4.69) is 0 Å². The highest BCUT2D eigenvalue weighted by Crippen LogP contribution is 2.32. The molecular formula is C17H17NO2S. The first-order valence-corrected chi connectivity index (χ1v) is 8.28. The van der Waals surface area contributed by atoms with Crippen LogP contribution < -0.4 is 4.31 Å². The van der Waals surface area contributed by atoms with Crippen LogP contribution >= 0.6 is 0 Å². The lowest BCUT2D eigenvalue weighted by Gasteiger charge is -2.29. The molecule has 0 radical (unpaired) electrons. The standard InChI is InChI=1S/C17H17NO2S/c1-13-7-9-16(10-8-13)21(19,20)18-12-14(2)11-15-5-3-4-6-17(15)18/h3-11H,12H2,1-2H3. The molecule has 108 valence electrons. The zero-order valence-corrected chi connectivity index (χ0v) is 12.9. The van der Waals surface area contributed by atoms with Crippen molar-refractivity contribution >= 4 is 21.8 Å². The maximum Gasteiger partial charge on any atom is 0.264 e. The molecule has 3 rings (SSSR count). The first kappa shape index (κ1) is 13.9. The Morgan fingerprint density at radius 1 is 0.952 bits per heavy atom. The van der Waals surface area contributed by atoms with Crippen molar-refractivity contribution in [3.63, 3.8) is 0 Å². The molecule has 0 spiro atoms. The predicted molar refractivity (Wildman–Crippen MR) is 85.8 cm³/mol. The summed E-state index contributed by atoms with van der Waals surface area (Å²) in [5, 5.41) is 0. The monoisotopic (exact) mass is 299 g/mol. The lowest BCUT2D eigenvalue weighted by atomic mass is 10.1. The molecule has 0 atom stereocenters. The van der Waals surface area contributed by atoms with Gasteiger partial charge in [0.15, 0.2) is 0 Å². The average molecular weight is 299 g/mol. The lowest BCUT2D eigenvalue weighted by Crippen LogP contribution is -2.34. The second-order valence-electron chi connectivity index (χ2n) is 5.37. The van der Waals surface area contributed by atoms with Crippen LogP contribution in [-0.2, 0) is 10.0 Å². The Morgan fingerprint density at radius 3 is 2.33 bits per heavy atom. The normalized spacial score (nSPS) is 14.6. The number of sulfonamides is 1. The van der Waals surface area contributed by atoms with Gasteiger partial charge in [-0.2, -0.15) is 0 Å².